The lowest BCUT2D eigenvalue weighted by Crippen LogP contribution is -2.52. The third-order valence-electron chi connectivity index (χ3n) is 6.23. The smallest absolute Gasteiger partial charge is 0.243 e. The first-order chi connectivity index (χ1) is 13.8. The van der Waals surface area contributed by atoms with Crippen LogP contribution in [0.3, 0.4) is 0 Å². The van der Waals surface area contributed by atoms with Gasteiger partial charge in [-0.05, 0) is 43.9 Å². The number of nitrogens with zero attached hydrogens (tertiary/aromatic N) is 3. The fourth-order valence-electron chi connectivity index (χ4n) is 4.44. The molecular weight excluding hydrogens is 390 g/mol. The van der Waals surface area contributed by atoms with Crippen LogP contribution in [0.25, 0.3) is 0 Å². The lowest BCUT2D eigenvalue weighted by atomic mass is 9.85. The predicted molar refractivity (Wildman–Crippen MR) is 108 cm³/mol. The summed E-state index contributed by atoms with van der Waals surface area (Å²) in [6.07, 6.45) is 5.22. The summed E-state index contributed by atoms with van der Waals surface area (Å²) >= 11 is 0. The van der Waals surface area contributed by atoms with E-state index in [4.69, 9.17) is 0 Å². The quantitative estimate of drug-likeness (QED) is 0.548. The Hall–Kier alpha value is -2.03. The molecule has 0 unspecified atom stereocenters. The molecular formula is C21H27N3O4S. The van der Waals surface area contributed by atoms with Gasteiger partial charge in [-0.1, -0.05) is 24.3 Å². The summed E-state index contributed by atoms with van der Waals surface area (Å²) in [5.74, 6) is -0.624. The topological polar surface area (TPSA) is 78.0 Å². The molecule has 2 amide bonds. The third-order valence-corrected chi connectivity index (χ3v) is 8.27. The number of fused-ring (bicyclic) bond motifs is 1. The molecule has 1 aliphatic carbocycles. The molecule has 0 bridgehead atoms. The summed E-state index contributed by atoms with van der Waals surface area (Å²) in [6, 6.07) is 5.45. The summed E-state index contributed by atoms with van der Waals surface area (Å²) in [7, 11) is -3.55. The summed E-state index contributed by atoms with van der Waals surface area (Å²) < 4.78 is 27.6. The van der Waals surface area contributed by atoms with E-state index >= 15 is 0 Å². The van der Waals surface area contributed by atoms with Gasteiger partial charge in [0.15, 0.2) is 0 Å². The molecule has 29 heavy (non-hydrogen) atoms. The molecule has 2 aliphatic heterocycles. The second-order valence-corrected chi connectivity index (χ2v) is 10.1. The van der Waals surface area contributed by atoms with Crippen LogP contribution in [0.5, 0.6) is 0 Å². The maximum Gasteiger partial charge on any atom is 0.243 e. The van der Waals surface area contributed by atoms with Crippen LogP contribution in [0.1, 0.15) is 24.0 Å². The summed E-state index contributed by atoms with van der Waals surface area (Å²) in [6.45, 7) is 5.63. The van der Waals surface area contributed by atoms with Gasteiger partial charge in [0.2, 0.25) is 21.8 Å². The molecule has 2 heterocycles. The van der Waals surface area contributed by atoms with E-state index in [2.05, 4.69) is 0 Å². The Morgan fingerprint density at radius 3 is 2.10 bits per heavy atom. The van der Waals surface area contributed by atoms with Gasteiger partial charge in [-0.2, -0.15) is 4.31 Å². The highest BCUT2D eigenvalue weighted by Crippen LogP contribution is 2.35. The van der Waals surface area contributed by atoms with Crippen molar-refractivity contribution < 1.29 is 18.0 Å². The maximum atomic E-state index is 13.1. The number of hydrogen-bond acceptors (Lipinski definition) is 5. The lowest BCUT2D eigenvalue weighted by Gasteiger charge is -2.35. The predicted octanol–water partition coefficient (Wildman–Crippen LogP) is 1.52. The van der Waals surface area contributed by atoms with E-state index in [9.17, 15) is 18.0 Å². The minimum atomic E-state index is -3.55. The minimum absolute atomic E-state index is 0.0882. The highest BCUT2D eigenvalue weighted by Gasteiger charge is 2.47. The maximum absolute atomic E-state index is 13.1. The van der Waals surface area contributed by atoms with Gasteiger partial charge in [-0.15, -0.1) is 0 Å². The van der Waals surface area contributed by atoms with Crippen LogP contribution >= 0.6 is 0 Å². The first kappa shape index (κ1) is 20.3. The van der Waals surface area contributed by atoms with Crippen molar-refractivity contribution in [1.82, 2.24) is 14.1 Å². The number of amides is 2. The molecule has 8 heteroatoms. The van der Waals surface area contributed by atoms with Crippen LogP contribution in [-0.2, 0) is 19.6 Å². The number of benzene rings is 1. The molecule has 0 spiro atoms. The van der Waals surface area contributed by atoms with Gasteiger partial charge in [0.1, 0.15) is 0 Å². The normalized spacial score (nSPS) is 26.2. The summed E-state index contributed by atoms with van der Waals surface area (Å²) in [4.78, 5) is 29.0. The van der Waals surface area contributed by atoms with E-state index < -0.39 is 10.0 Å². The first-order valence-corrected chi connectivity index (χ1v) is 11.5. The van der Waals surface area contributed by atoms with E-state index in [-0.39, 0.29) is 30.3 Å². The molecule has 0 aromatic heterocycles. The molecule has 156 valence electrons. The van der Waals surface area contributed by atoms with Crippen molar-refractivity contribution in [2.45, 2.75) is 31.6 Å². The zero-order valence-corrected chi connectivity index (χ0v) is 17.7. The highest BCUT2D eigenvalue weighted by atomic mass is 32.2. The van der Waals surface area contributed by atoms with Crippen molar-refractivity contribution in [1.29, 1.82) is 0 Å². The summed E-state index contributed by atoms with van der Waals surface area (Å²) in [5, 5.41) is 0. The molecule has 2 saturated heterocycles. The Bertz CT molecular complexity index is 938. The van der Waals surface area contributed by atoms with Crippen molar-refractivity contribution in [3.63, 3.8) is 0 Å². The molecule has 0 radical (unpaired) electrons. The second-order valence-electron chi connectivity index (χ2n) is 8.19. The molecule has 0 saturated carbocycles. The Kier molecular flexibility index (Phi) is 5.35. The number of aryl methyl sites for hydroxylation is 2. The molecule has 2 atom stereocenters. The number of imide groups is 1. The van der Waals surface area contributed by atoms with Gasteiger partial charge in [0, 0.05) is 26.2 Å². The Morgan fingerprint density at radius 1 is 0.931 bits per heavy atom. The van der Waals surface area contributed by atoms with Crippen LogP contribution in [0, 0.1) is 25.7 Å². The van der Waals surface area contributed by atoms with Crippen molar-refractivity contribution in [2.24, 2.45) is 11.8 Å². The standard InChI is InChI=1S/C21H27N3O4S/c1-15-7-8-16(2)19(13-15)29(27,28)23-11-9-22(10-12-23)14-24-20(25)17-5-3-4-6-18(17)21(24)26/h3-4,7-8,13,17-18H,5-6,9-12,14H2,1-2H3/t17-,18+. The number of carbonyl (C=O) groups excluding carboxylic acids is 2. The monoisotopic (exact) mass is 417 g/mol. The minimum Gasteiger partial charge on any atom is -0.283 e. The fraction of sp³-hybridized carbons (Fsp3) is 0.524. The van der Waals surface area contributed by atoms with Crippen LogP contribution < -0.4 is 0 Å². The Labute approximate surface area is 172 Å². The second kappa shape index (κ2) is 7.66. The zero-order chi connectivity index (χ0) is 20.8. The fourth-order valence-corrected chi connectivity index (χ4v) is 6.18. The first-order valence-electron chi connectivity index (χ1n) is 10.1. The number of sulfonamides is 1. The van der Waals surface area contributed by atoms with E-state index in [0.717, 1.165) is 11.1 Å². The number of piperazine rings is 1. The third kappa shape index (κ3) is 3.65. The molecule has 3 aliphatic rings. The molecule has 2 fully saturated rings. The average Bonchev–Trinajstić information content (AvgIpc) is 2.95. The Balaban J connectivity index is 1.40. The number of allylic oxidation sites excluding steroid dienone is 2. The van der Waals surface area contributed by atoms with Gasteiger partial charge < -0.3 is 0 Å². The Morgan fingerprint density at radius 2 is 1.52 bits per heavy atom. The lowest BCUT2D eigenvalue weighted by molar-refractivity contribution is -0.142. The van der Waals surface area contributed by atoms with Crippen LogP contribution in [0.2, 0.25) is 0 Å². The molecule has 4 rings (SSSR count). The largest absolute Gasteiger partial charge is 0.283 e. The zero-order valence-electron chi connectivity index (χ0n) is 16.9. The van der Waals surface area contributed by atoms with Crippen molar-refractivity contribution >= 4 is 21.8 Å². The van der Waals surface area contributed by atoms with E-state index in [0.29, 0.717) is 43.9 Å². The number of likely N-dealkylation sites (tertiary alicyclic amines) is 1. The van der Waals surface area contributed by atoms with Gasteiger partial charge in [-0.25, -0.2) is 8.42 Å². The average molecular weight is 418 g/mol. The van der Waals surface area contributed by atoms with Crippen LogP contribution in [0.4, 0.5) is 0 Å². The molecule has 7 nitrogen and oxygen atoms in total. The van der Waals surface area contributed by atoms with E-state index in [1.165, 1.54) is 9.21 Å². The molecule has 0 N–H and O–H groups in total. The molecule has 1 aromatic rings. The van der Waals surface area contributed by atoms with Gasteiger partial charge in [-0.3, -0.25) is 19.4 Å². The van der Waals surface area contributed by atoms with Gasteiger partial charge in [0.25, 0.3) is 0 Å². The van der Waals surface area contributed by atoms with Crippen LogP contribution in [-0.4, -0.2) is 67.2 Å². The highest BCUT2D eigenvalue weighted by molar-refractivity contribution is 7.89. The number of rotatable bonds is 4. The van der Waals surface area contributed by atoms with Crippen LogP contribution in [0.15, 0.2) is 35.2 Å². The SMILES string of the molecule is Cc1ccc(C)c(S(=O)(=O)N2CCN(CN3C(=O)[C@H]4CC=CC[C@H]4C3=O)CC2)c1. The summed E-state index contributed by atoms with van der Waals surface area (Å²) in [5.41, 5.74) is 1.65. The van der Waals surface area contributed by atoms with E-state index in [1.54, 1.807) is 6.07 Å². The van der Waals surface area contributed by atoms with Crippen molar-refractivity contribution in [3.8, 4) is 0 Å². The number of carbonyl (C=O) groups is 2. The number of hydrogen-bond donors (Lipinski definition) is 0. The van der Waals surface area contributed by atoms with Crippen molar-refractivity contribution in [2.75, 3.05) is 32.8 Å². The van der Waals surface area contributed by atoms with Gasteiger partial charge in [0.05, 0.1) is 23.4 Å². The van der Waals surface area contributed by atoms with Crippen molar-refractivity contribution in [3.05, 3.63) is 41.5 Å². The van der Waals surface area contributed by atoms with E-state index in [1.807, 2.05) is 43.0 Å². The van der Waals surface area contributed by atoms with Gasteiger partial charge >= 0.3 is 0 Å². The molecule has 1 aromatic carbocycles.